The van der Waals surface area contributed by atoms with Gasteiger partial charge in [0.2, 0.25) is 10.0 Å². The molecule has 202 valence electrons. The van der Waals surface area contributed by atoms with Crippen LogP contribution in [0.25, 0.3) is 0 Å². The van der Waals surface area contributed by atoms with E-state index in [2.05, 4.69) is 0 Å². The van der Waals surface area contributed by atoms with Crippen LogP contribution in [0.15, 0.2) is 76.5 Å². The van der Waals surface area contributed by atoms with Gasteiger partial charge in [0.1, 0.15) is 11.5 Å². The fourth-order valence-electron chi connectivity index (χ4n) is 4.43. The number of nitrogens with zero attached hydrogens (tertiary/aromatic N) is 1. The van der Waals surface area contributed by atoms with E-state index in [1.54, 1.807) is 49.4 Å². The molecule has 10 heteroatoms. The van der Waals surface area contributed by atoms with Gasteiger partial charge in [0.25, 0.3) is 10.1 Å². The Balaban J connectivity index is 1.39. The number of phenolic OH excluding ortho intramolecular Hbond substituents is 1. The molecule has 0 amide bonds. The van der Waals surface area contributed by atoms with E-state index in [4.69, 9.17) is 4.18 Å². The van der Waals surface area contributed by atoms with Crippen LogP contribution in [0.2, 0.25) is 0 Å². The lowest BCUT2D eigenvalue weighted by molar-refractivity contribution is -0.117. The lowest BCUT2D eigenvalue weighted by Gasteiger charge is -2.24. The number of benzene rings is 3. The van der Waals surface area contributed by atoms with Crippen LogP contribution in [0, 0.1) is 13.8 Å². The normalized spacial score (nSPS) is 16.5. The van der Waals surface area contributed by atoms with Gasteiger partial charge in [-0.05, 0) is 73.7 Å². The molecule has 38 heavy (non-hydrogen) atoms. The molecule has 1 N–H and O–H groups in total. The molecule has 0 saturated carbocycles. The summed E-state index contributed by atoms with van der Waals surface area (Å²) in [4.78, 5) is 12.6. The number of ketones is 1. The number of Topliss-reactive ketones (excluding diaryl/α,β-unsaturated/α-hetero) is 1. The van der Waals surface area contributed by atoms with Gasteiger partial charge in [-0.1, -0.05) is 42.0 Å². The summed E-state index contributed by atoms with van der Waals surface area (Å²) < 4.78 is 58.4. The van der Waals surface area contributed by atoms with E-state index in [0.717, 1.165) is 11.1 Å². The SMILES string of the molecule is Cc1ccc(S(=O)(=O)OC[C@@H]2CCCN2S(=O)(=O)c2ccc(CC(=O)Cc3ccc(C)c(O)c3)cc2)cc1. The highest BCUT2D eigenvalue weighted by atomic mass is 32.2. The van der Waals surface area contributed by atoms with Gasteiger partial charge in [-0.15, -0.1) is 0 Å². The molecule has 0 radical (unpaired) electrons. The summed E-state index contributed by atoms with van der Waals surface area (Å²) in [6.07, 6.45) is 1.38. The maximum absolute atomic E-state index is 13.3. The standard InChI is InChI=1S/C28H31NO7S2/c1-20-5-11-27(12-6-20)38(34,35)36-19-24-4-3-15-29(24)37(32,33)26-13-9-22(10-14-26)16-25(30)17-23-8-7-21(2)28(31)18-23/h5-14,18,24,31H,3-4,15-17,19H2,1-2H3/t24-/m0/s1. The van der Waals surface area contributed by atoms with Crippen molar-refractivity contribution in [2.75, 3.05) is 13.2 Å². The van der Waals surface area contributed by atoms with E-state index in [1.807, 2.05) is 6.92 Å². The van der Waals surface area contributed by atoms with Crippen molar-refractivity contribution < 1.29 is 30.9 Å². The molecule has 0 aliphatic carbocycles. The van der Waals surface area contributed by atoms with Gasteiger partial charge in [0, 0.05) is 19.4 Å². The first kappa shape index (κ1) is 28.0. The third kappa shape index (κ3) is 6.50. The van der Waals surface area contributed by atoms with Crippen LogP contribution in [0.5, 0.6) is 5.75 Å². The average molecular weight is 558 g/mol. The molecule has 1 aliphatic heterocycles. The minimum atomic E-state index is -4.01. The number of aryl methyl sites for hydroxylation is 2. The summed E-state index contributed by atoms with van der Waals surface area (Å²) >= 11 is 0. The molecule has 0 unspecified atom stereocenters. The Morgan fingerprint density at radius 1 is 0.895 bits per heavy atom. The molecule has 4 rings (SSSR count). The predicted octanol–water partition coefficient (Wildman–Crippen LogP) is 3.92. The van der Waals surface area contributed by atoms with Crippen LogP contribution in [0.3, 0.4) is 0 Å². The Morgan fingerprint density at radius 3 is 2.16 bits per heavy atom. The zero-order valence-electron chi connectivity index (χ0n) is 21.3. The zero-order chi connectivity index (χ0) is 27.5. The summed E-state index contributed by atoms with van der Waals surface area (Å²) in [7, 11) is -7.89. The molecule has 1 fully saturated rings. The van der Waals surface area contributed by atoms with Crippen molar-refractivity contribution in [1.82, 2.24) is 4.31 Å². The quantitative estimate of drug-likeness (QED) is 0.376. The Bertz CT molecular complexity index is 1510. The molecule has 1 saturated heterocycles. The van der Waals surface area contributed by atoms with E-state index in [1.165, 1.54) is 28.6 Å². The number of hydrogen-bond acceptors (Lipinski definition) is 7. The molecule has 0 spiro atoms. The van der Waals surface area contributed by atoms with Gasteiger partial charge in [-0.25, -0.2) is 8.42 Å². The molecule has 0 aromatic heterocycles. The second-order valence-electron chi connectivity index (χ2n) is 9.62. The van der Waals surface area contributed by atoms with E-state index in [0.29, 0.717) is 24.0 Å². The van der Waals surface area contributed by atoms with Gasteiger partial charge >= 0.3 is 0 Å². The Labute approximate surface area is 224 Å². The van der Waals surface area contributed by atoms with Crippen molar-refractivity contribution in [2.24, 2.45) is 0 Å². The van der Waals surface area contributed by atoms with Crippen LogP contribution < -0.4 is 0 Å². The van der Waals surface area contributed by atoms with Crippen LogP contribution in [-0.2, 0) is 42.0 Å². The van der Waals surface area contributed by atoms with Crippen LogP contribution in [0.1, 0.15) is 35.1 Å². The van der Waals surface area contributed by atoms with Gasteiger partial charge in [0.15, 0.2) is 0 Å². The number of carbonyl (C=O) groups is 1. The molecular formula is C28H31NO7S2. The number of hydrogen-bond donors (Lipinski definition) is 1. The zero-order valence-corrected chi connectivity index (χ0v) is 23.0. The predicted molar refractivity (Wildman–Crippen MR) is 143 cm³/mol. The average Bonchev–Trinajstić information content (AvgIpc) is 3.36. The summed E-state index contributed by atoms with van der Waals surface area (Å²) in [6.45, 7) is 3.63. The highest BCUT2D eigenvalue weighted by Crippen LogP contribution is 2.28. The van der Waals surface area contributed by atoms with Crippen LogP contribution in [-0.4, -0.2) is 51.2 Å². The monoisotopic (exact) mass is 557 g/mol. The molecule has 1 aliphatic rings. The fourth-order valence-corrected chi connectivity index (χ4v) is 7.05. The van der Waals surface area contributed by atoms with Crippen molar-refractivity contribution in [2.45, 2.75) is 55.4 Å². The minimum Gasteiger partial charge on any atom is -0.508 e. The van der Waals surface area contributed by atoms with Gasteiger partial charge in [0.05, 0.1) is 22.4 Å². The summed E-state index contributed by atoms with van der Waals surface area (Å²) in [5, 5.41) is 9.84. The summed E-state index contributed by atoms with van der Waals surface area (Å²) in [5.41, 5.74) is 3.04. The molecule has 3 aromatic carbocycles. The molecule has 1 heterocycles. The van der Waals surface area contributed by atoms with Gasteiger partial charge in [-0.3, -0.25) is 8.98 Å². The highest BCUT2D eigenvalue weighted by Gasteiger charge is 2.36. The Morgan fingerprint density at radius 2 is 1.50 bits per heavy atom. The fraction of sp³-hybridized carbons (Fsp3) is 0.321. The van der Waals surface area contributed by atoms with Crippen molar-refractivity contribution in [3.63, 3.8) is 0 Å². The third-order valence-corrected chi connectivity index (χ3v) is 9.92. The molecule has 8 nitrogen and oxygen atoms in total. The number of aromatic hydroxyl groups is 1. The van der Waals surface area contributed by atoms with Gasteiger partial charge < -0.3 is 5.11 Å². The van der Waals surface area contributed by atoms with Crippen molar-refractivity contribution in [3.8, 4) is 5.75 Å². The third-order valence-electron chi connectivity index (χ3n) is 6.65. The van der Waals surface area contributed by atoms with Crippen molar-refractivity contribution in [3.05, 3.63) is 89.0 Å². The lowest BCUT2D eigenvalue weighted by Crippen LogP contribution is -2.38. The van der Waals surface area contributed by atoms with Crippen LogP contribution in [0.4, 0.5) is 0 Å². The maximum atomic E-state index is 13.3. The van der Waals surface area contributed by atoms with E-state index in [9.17, 15) is 26.7 Å². The number of sulfonamides is 1. The van der Waals surface area contributed by atoms with Crippen LogP contribution >= 0.6 is 0 Å². The number of carbonyl (C=O) groups excluding carboxylic acids is 1. The van der Waals surface area contributed by atoms with E-state index in [-0.39, 0.29) is 47.3 Å². The maximum Gasteiger partial charge on any atom is 0.297 e. The topological polar surface area (TPSA) is 118 Å². The smallest absolute Gasteiger partial charge is 0.297 e. The molecular weight excluding hydrogens is 526 g/mol. The highest BCUT2D eigenvalue weighted by molar-refractivity contribution is 7.89. The van der Waals surface area contributed by atoms with E-state index < -0.39 is 26.2 Å². The number of phenols is 1. The van der Waals surface area contributed by atoms with E-state index >= 15 is 0 Å². The molecule has 3 aromatic rings. The minimum absolute atomic E-state index is 0.0276. The van der Waals surface area contributed by atoms with Crippen molar-refractivity contribution in [1.29, 1.82) is 0 Å². The molecule has 0 bridgehead atoms. The number of rotatable bonds is 10. The summed E-state index contributed by atoms with van der Waals surface area (Å²) in [5.74, 6) is 0.0821. The van der Waals surface area contributed by atoms with Crippen molar-refractivity contribution >= 4 is 25.9 Å². The Kier molecular flexibility index (Phi) is 8.37. The second kappa shape index (κ2) is 11.4. The Hall–Kier alpha value is -3.05. The first-order chi connectivity index (χ1) is 18.0. The second-order valence-corrected chi connectivity index (χ2v) is 13.1. The molecule has 1 atom stereocenters. The first-order valence-corrected chi connectivity index (χ1v) is 15.2. The largest absolute Gasteiger partial charge is 0.508 e. The lowest BCUT2D eigenvalue weighted by atomic mass is 10.0. The summed E-state index contributed by atoms with van der Waals surface area (Å²) in [6, 6.07) is 17.0. The first-order valence-electron chi connectivity index (χ1n) is 12.3. The van der Waals surface area contributed by atoms with Gasteiger partial charge in [-0.2, -0.15) is 12.7 Å².